The van der Waals surface area contributed by atoms with Crippen molar-refractivity contribution >= 4 is 15.9 Å². The molecule has 0 spiro atoms. The molecule has 1 fully saturated rings. The summed E-state index contributed by atoms with van der Waals surface area (Å²) in [5.74, 6) is 0.211. The Hall–Kier alpha value is -0.380. The highest BCUT2D eigenvalue weighted by Gasteiger charge is 2.22. The van der Waals surface area contributed by atoms with Gasteiger partial charge in [-0.15, -0.1) is 0 Å². The molecular weight excluding hydrogens is 254 g/mol. The van der Waals surface area contributed by atoms with Crippen LogP contribution in [0, 0.1) is 0 Å². The summed E-state index contributed by atoms with van der Waals surface area (Å²) in [5, 5.41) is 12.8. The van der Waals surface area contributed by atoms with Gasteiger partial charge in [-0.2, -0.15) is 0 Å². The molecule has 0 bridgehead atoms. The highest BCUT2D eigenvalue weighted by Crippen LogP contribution is 2.22. The van der Waals surface area contributed by atoms with Crippen molar-refractivity contribution in [1.82, 2.24) is 5.32 Å². The summed E-state index contributed by atoms with van der Waals surface area (Å²) in [4.78, 5) is 0. The van der Waals surface area contributed by atoms with Gasteiger partial charge in [-0.3, -0.25) is 0 Å². The summed E-state index contributed by atoms with van der Waals surface area (Å²) in [6.45, 7) is 1.08. The van der Waals surface area contributed by atoms with Gasteiger partial charge in [0, 0.05) is 23.0 Å². The molecule has 2 N–H and O–H groups in total. The van der Waals surface area contributed by atoms with Crippen LogP contribution in [-0.4, -0.2) is 24.3 Å². The topological polar surface area (TPSA) is 32.3 Å². The second-order valence-electron chi connectivity index (χ2n) is 4.12. The Balaban J connectivity index is 1.97. The summed E-state index contributed by atoms with van der Waals surface area (Å²) < 4.78 is 1.07. The Bertz CT molecular complexity index is 325. The van der Waals surface area contributed by atoms with E-state index in [1.165, 1.54) is 18.4 Å². The van der Waals surface area contributed by atoms with E-state index in [0.29, 0.717) is 6.04 Å². The van der Waals surface area contributed by atoms with Crippen LogP contribution in [-0.2, 0) is 0 Å². The van der Waals surface area contributed by atoms with E-state index in [0.717, 1.165) is 11.0 Å². The van der Waals surface area contributed by atoms with Crippen molar-refractivity contribution in [2.24, 2.45) is 0 Å². The molecule has 1 aliphatic rings. The second kappa shape index (κ2) is 5.10. The largest absolute Gasteiger partial charge is 0.396 e. The van der Waals surface area contributed by atoms with Gasteiger partial charge in [0.05, 0.1) is 6.61 Å². The summed E-state index contributed by atoms with van der Waals surface area (Å²) in [7, 11) is 0. The molecule has 0 aliphatic heterocycles. The summed E-state index contributed by atoms with van der Waals surface area (Å²) in [6, 6.07) is 8.87. The van der Waals surface area contributed by atoms with Crippen LogP contribution in [0.1, 0.15) is 24.3 Å². The molecule has 0 heterocycles. The van der Waals surface area contributed by atoms with E-state index in [-0.39, 0.29) is 12.5 Å². The molecule has 1 saturated carbocycles. The van der Waals surface area contributed by atoms with Gasteiger partial charge in [-0.05, 0) is 30.5 Å². The Morgan fingerprint density at radius 3 is 2.87 bits per heavy atom. The third kappa shape index (κ3) is 3.30. The SMILES string of the molecule is OCC(CNC1CC1)c1cccc(Br)c1. The molecule has 1 aromatic carbocycles. The number of rotatable bonds is 5. The second-order valence-corrected chi connectivity index (χ2v) is 5.03. The quantitative estimate of drug-likeness (QED) is 0.860. The number of hydrogen-bond donors (Lipinski definition) is 2. The molecule has 1 atom stereocenters. The highest BCUT2D eigenvalue weighted by molar-refractivity contribution is 9.10. The minimum absolute atomic E-state index is 0.205. The number of halogens is 1. The lowest BCUT2D eigenvalue weighted by Crippen LogP contribution is -2.25. The zero-order chi connectivity index (χ0) is 10.7. The van der Waals surface area contributed by atoms with Gasteiger partial charge < -0.3 is 10.4 Å². The summed E-state index contributed by atoms with van der Waals surface area (Å²) in [6.07, 6.45) is 2.58. The Labute approximate surface area is 98.8 Å². The van der Waals surface area contributed by atoms with E-state index in [9.17, 15) is 5.11 Å². The minimum atomic E-state index is 0.205. The predicted octanol–water partition coefficient (Wildman–Crippen LogP) is 2.28. The fourth-order valence-electron chi connectivity index (χ4n) is 1.64. The molecule has 82 valence electrons. The molecule has 2 nitrogen and oxygen atoms in total. The summed E-state index contributed by atoms with van der Waals surface area (Å²) >= 11 is 3.45. The van der Waals surface area contributed by atoms with Gasteiger partial charge in [0.1, 0.15) is 0 Å². The third-order valence-corrected chi connectivity index (χ3v) is 3.26. The number of aliphatic hydroxyl groups is 1. The average Bonchev–Trinajstić information content (AvgIpc) is 3.03. The van der Waals surface area contributed by atoms with Gasteiger partial charge in [0.25, 0.3) is 0 Å². The maximum Gasteiger partial charge on any atom is 0.0511 e. The number of hydrogen-bond acceptors (Lipinski definition) is 2. The average molecular weight is 270 g/mol. The molecule has 0 radical (unpaired) electrons. The van der Waals surface area contributed by atoms with Crippen molar-refractivity contribution in [1.29, 1.82) is 0 Å². The van der Waals surface area contributed by atoms with E-state index in [1.54, 1.807) is 0 Å². The first-order chi connectivity index (χ1) is 7.29. The van der Waals surface area contributed by atoms with Crippen LogP contribution >= 0.6 is 15.9 Å². The van der Waals surface area contributed by atoms with E-state index in [4.69, 9.17) is 0 Å². The molecule has 3 heteroatoms. The van der Waals surface area contributed by atoms with Crippen molar-refractivity contribution in [3.8, 4) is 0 Å². The number of benzene rings is 1. The van der Waals surface area contributed by atoms with Gasteiger partial charge in [-0.25, -0.2) is 0 Å². The smallest absolute Gasteiger partial charge is 0.0511 e. The molecule has 1 aromatic rings. The first kappa shape index (κ1) is 11.1. The Morgan fingerprint density at radius 2 is 2.27 bits per heavy atom. The normalized spacial score (nSPS) is 17.7. The van der Waals surface area contributed by atoms with Gasteiger partial charge in [0.2, 0.25) is 0 Å². The first-order valence-corrected chi connectivity index (χ1v) is 6.18. The van der Waals surface area contributed by atoms with Crippen LogP contribution in [0.2, 0.25) is 0 Å². The minimum Gasteiger partial charge on any atom is -0.396 e. The zero-order valence-electron chi connectivity index (χ0n) is 8.62. The molecule has 0 saturated heterocycles. The van der Waals surface area contributed by atoms with Crippen molar-refractivity contribution in [2.75, 3.05) is 13.2 Å². The fourth-order valence-corrected chi connectivity index (χ4v) is 2.06. The van der Waals surface area contributed by atoms with Crippen LogP contribution < -0.4 is 5.32 Å². The maximum absolute atomic E-state index is 9.35. The van der Waals surface area contributed by atoms with Crippen LogP contribution in [0.15, 0.2) is 28.7 Å². The summed E-state index contributed by atoms with van der Waals surface area (Å²) in [5.41, 5.74) is 1.19. The molecule has 1 aliphatic carbocycles. The monoisotopic (exact) mass is 269 g/mol. The molecule has 2 rings (SSSR count). The molecule has 15 heavy (non-hydrogen) atoms. The third-order valence-electron chi connectivity index (χ3n) is 2.77. The Morgan fingerprint density at radius 1 is 1.47 bits per heavy atom. The molecular formula is C12H16BrNO. The van der Waals surface area contributed by atoms with Crippen molar-refractivity contribution in [3.05, 3.63) is 34.3 Å². The number of nitrogens with one attached hydrogen (secondary N) is 1. The van der Waals surface area contributed by atoms with Gasteiger partial charge >= 0.3 is 0 Å². The van der Waals surface area contributed by atoms with Crippen LogP contribution in [0.4, 0.5) is 0 Å². The van der Waals surface area contributed by atoms with E-state index in [1.807, 2.05) is 12.1 Å². The van der Waals surface area contributed by atoms with Crippen molar-refractivity contribution < 1.29 is 5.11 Å². The van der Waals surface area contributed by atoms with Crippen LogP contribution in [0.25, 0.3) is 0 Å². The standard InChI is InChI=1S/C12H16BrNO/c13-11-3-1-2-9(6-11)10(8-15)7-14-12-4-5-12/h1-3,6,10,12,14-15H,4-5,7-8H2. The maximum atomic E-state index is 9.35. The molecule has 0 aromatic heterocycles. The first-order valence-electron chi connectivity index (χ1n) is 5.39. The predicted molar refractivity (Wildman–Crippen MR) is 65.0 cm³/mol. The lowest BCUT2D eigenvalue weighted by atomic mass is 10.0. The van der Waals surface area contributed by atoms with Gasteiger partial charge in [0.15, 0.2) is 0 Å². The van der Waals surface area contributed by atoms with Crippen molar-refractivity contribution in [2.45, 2.75) is 24.8 Å². The van der Waals surface area contributed by atoms with Crippen molar-refractivity contribution in [3.63, 3.8) is 0 Å². The van der Waals surface area contributed by atoms with Crippen LogP contribution in [0.5, 0.6) is 0 Å². The Kier molecular flexibility index (Phi) is 3.78. The van der Waals surface area contributed by atoms with E-state index in [2.05, 4.69) is 33.4 Å². The van der Waals surface area contributed by atoms with Crippen LogP contribution in [0.3, 0.4) is 0 Å². The number of aliphatic hydroxyl groups excluding tert-OH is 1. The van der Waals surface area contributed by atoms with Gasteiger partial charge in [-0.1, -0.05) is 28.1 Å². The fraction of sp³-hybridized carbons (Fsp3) is 0.500. The zero-order valence-corrected chi connectivity index (χ0v) is 10.2. The lowest BCUT2D eigenvalue weighted by Gasteiger charge is -2.15. The van der Waals surface area contributed by atoms with E-state index < -0.39 is 0 Å². The molecule has 1 unspecified atom stereocenters. The highest BCUT2D eigenvalue weighted by atomic mass is 79.9. The lowest BCUT2D eigenvalue weighted by molar-refractivity contribution is 0.261. The molecule has 0 amide bonds. The van der Waals surface area contributed by atoms with E-state index >= 15 is 0 Å².